The maximum Gasteiger partial charge on any atom is 0.0635 e. The van der Waals surface area contributed by atoms with Crippen molar-refractivity contribution >= 4 is 52.1 Å². The third kappa shape index (κ3) is 2.63. The van der Waals surface area contributed by atoms with Crippen LogP contribution in [0.15, 0.2) is 30.3 Å². The molecule has 0 radical (unpaired) electrons. The Hall–Kier alpha value is -0.600. The molecule has 0 unspecified atom stereocenters. The Morgan fingerprint density at radius 2 is 1.35 bits per heavy atom. The quantitative estimate of drug-likeness (QED) is 0.542. The van der Waals surface area contributed by atoms with E-state index in [1.165, 1.54) is 0 Å². The molecule has 88 valence electrons. The molecule has 2 aromatic rings. The number of nitrogen functional groups attached to an aromatic ring is 1. The molecule has 5 heteroatoms. The summed E-state index contributed by atoms with van der Waals surface area (Å²) in [5, 5.41) is 1.88. The summed E-state index contributed by atoms with van der Waals surface area (Å²) in [5.41, 5.74) is 7.84. The van der Waals surface area contributed by atoms with E-state index < -0.39 is 0 Å². The molecule has 0 aromatic heterocycles. The lowest BCUT2D eigenvalue weighted by molar-refractivity contribution is 1.61. The number of rotatable bonds is 1. The van der Waals surface area contributed by atoms with Gasteiger partial charge in [-0.05, 0) is 29.8 Å². The molecule has 17 heavy (non-hydrogen) atoms. The average Bonchev–Trinajstić information content (AvgIpc) is 2.27. The third-order valence-corrected chi connectivity index (χ3v) is 3.70. The predicted octanol–water partition coefficient (Wildman–Crippen LogP) is 5.55. The minimum atomic E-state index is 0.419. The summed E-state index contributed by atoms with van der Waals surface area (Å²) in [7, 11) is 0. The van der Waals surface area contributed by atoms with Crippen LogP contribution >= 0.6 is 46.4 Å². The molecule has 0 spiro atoms. The largest absolute Gasteiger partial charge is 0.398 e. The van der Waals surface area contributed by atoms with Crippen LogP contribution < -0.4 is 5.73 Å². The van der Waals surface area contributed by atoms with E-state index in [0.717, 1.165) is 11.1 Å². The molecule has 0 aliphatic carbocycles. The first-order chi connectivity index (χ1) is 7.99. The maximum absolute atomic E-state index is 6.11. The number of benzene rings is 2. The van der Waals surface area contributed by atoms with Crippen molar-refractivity contribution in [2.75, 3.05) is 5.73 Å². The number of hydrogen-bond acceptors (Lipinski definition) is 1. The van der Waals surface area contributed by atoms with E-state index >= 15 is 0 Å². The Balaban J connectivity index is 2.60. The Morgan fingerprint density at radius 1 is 0.706 bits per heavy atom. The van der Waals surface area contributed by atoms with E-state index in [4.69, 9.17) is 52.1 Å². The van der Waals surface area contributed by atoms with Gasteiger partial charge in [-0.15, -0.1) is 0 Å². The third-order valence-electron chi connectivity index (χ3n) is 2.32. The zero-order chi connectivity index (χ0) is 12.6. The number of nitrogens with two attached hydrogens (primary N) is 1. The molecule has 0 amide bonds. The van der Waals surface area contributed by atoms with Crippen molar-refractivity contribution in [2.45, 2.75) is 0 Å². The molecule has 0 heterocycles. The number of halogens is 4. The summed E-state index contributed by atoms with van der Waals surface area (Å²) < 4.78 is 0. The number of hydrogen-bond donors (Lipinski definition) is 1. The molecule has 0 aliphatic rings. The Labute approximate surface area is 119 Å². The maximum atomic E-state index is 6.11. The fourth-order valence-electron chi connectivity index (χ4n) is 1.46. The van der Waals surface area contributed by atoms with E-state index in [1.54, 1.807) is 24.3 Å². The first-order valence-corrected chi connectivity index (χ1v) is 6.20. The van der Waals surface area contributed by atoms with E-state index in [-0.39, 0.29) is 0 Å². The highest BCUT2D eigenvalue weighted by atomic mass is 35.5. The van der Waals surface area contributed by atoms with Crippen LogP contribution in [0.4, 0.5) is 5.69 Å². The smallest absolute Gasteiger partial charge is 0.0635 e. The second-order valence-corrected chi connectivity index (χ2v) is 5.11. The van der Waals surface area contributed by atoms with E-state index in [0.29, 0.717) is 25.8 Å². The highest BCUT2D eigenvalue weighted by molar-refractivity contribution is 6.44. The van der Waals surface area contributed by atoms with Crippen molar-refractivity contribution in [1.82, 2.24) is 0 Å². The van der Waals surface area contributed by atoms with Gasteiger partial charge in [-0.3, -0.25) is 0 Å². The van der Waals surface area contributed by atoms with Crippen molar-refractivity contribution in [3.8, 4) is 11.1 Å². The van der Waals surface area contributed by atoms with Gasteiger partial charge in [0, 0.05) is 10.6 Å². The first-order valence-electron chi connectivity index (χ1n) is 4.69. The van der Waals surface area contributed by atoms with Gasteiger partial charge in [0.05, 0.1) is 20.8 Å². The minimum absolute atomic E-state index is 0.419. The first kappa shape index (κ1) is 12.8. The second kappa shape index (κ2) is 4.95. The van der Waals surface area contributed by atoms with Crippen molar-refractivity contribution in [1.29, 1.82) is 0 Å². The van der Waals surface area contributed by atoms with Crippen molar-refractivity contribution in [3.05, 3.63) is 50.4 Å². The Morgan fingerprint density at radius 3 is 2.00 bits per heavy atom. The van der Waals surface area contributed by atoms with Gasteiger partial charge in [0.2, 0.25) is 0 Å². The molecule has 2 N–H and O–H groups in total. The van der Waals surface area contributed by atoms with Crippen molar-refractivity contribution in [2.24, 2.45) is 0 Å². The molecule has 0 fully saturated rings. The SMILES string of the molecule is Nc1cc(-c2cc(Cl)c(Cl)cc2Cl)ccc1Cl. The fourth-order valence-corrected chi connectivity index (χ4v) is 2.23. The summed E-state index contributed by atoms with van der Waals surface area (Å²) in [5.74, 6) is 0. The van der Waals surface area contributed by atoms with Crippen molar-refractivity contribution < 1.29 is 0 Å². The van der Waals surface area contributed by atoms with Gasteiger partial charge in [-0.25, -0.2) is 0 Å². The van der Waals surface area contributed by atoms with Gasteiger partial charge in [-0.1, -0.05) is 52.5 Å². The summed E-state index contributed by atoms with van der Waals surface area (Å²) in [6.45, 7) is 0. The number of anilines is 1. The van der Waals surface area contributed by atoms with Crippen LogP contribution in [0.5, 0.6) is 0 Å². The summed E-state index contributed by atoms with van der Waals surface area (Å²) in [4.78, 5) is 0. The van der Waals surface area contributed by atoms with Crippen LogP contribution in [-0.4, -0.2) is 0 Å². The van der Waals surface area contributed by atoms with Gasteiger partial charge in [0.15, 0.2) is 0 Å². The summed E-state index contributed by atoms with van der Waals surface area (Å²) >= 11 is 23.8. The van der Waals surface area contributed by atoms with E-state index in [1.807, 2.05) is 6.07 Å². The van der Waals surface area contributed by atoms with Crippen LogP contribution in [0.3, 0.4) is 0 Å². The summed E-state index contributed by atoms with van der Waals surface area (Å²) in [6, 6.07) is 8.59. The Kier molecular flexibility index (Phi) is 3.74. The second-order valence-electron chi connectivity index (χ2n) is 3.48. The monoisotopic (exact) mass is 305 g/mol. The highest BCUT2D eigenvalue weighted by Gasteiger charge is 2.09. The van der Waals surface area contributed by atoms with Crippen LogP contribution in [0.2, 0.25) is 20.1 Å². The molecule has 0 saturated carbocycles. The Bertz CT molecular complexity index is 581. The molecule has 0 atom stereocenters. The van der Waals surface area contributed by atoms with Gasteiger partial charge in [-0.2, -0.15) is 0 Å². The fraction of sp³-hybridized carbons (Fsp3) is 0. The standard InChI is InChI=1S/C12H7Cl4N/c13-8-2-1-6(3-12(8)17)7-4-10(15)11(16)5-9(7)14/h1-5H,17H2. The normalized spacial score (nSPS) is 10.6. The minimum Gasteiger partial charge on any atom is -0.398 e. The molecule has 0 saturated heterocycles. The molecule has 2 rings (SSSR count). The molecular weight excluding hydrogens is 300 g/mol. The van der Waals surface area contributed by atoms with Gasteiger partial charge in [0.1, 0.15) is 0 Å². The lowest BCUT2D eigenvalue weighted by atomic mass is 10.1. The molecule has 0 bridgehead atoms. The summed E-state index contributed by atoms with van der Waals surface area (Å²) in [6.07, 6.45) is 0. The zero-order valence-electron chi connectivity index (χ0n) is 8.48. The van der Waals surface area contributed by atoms with Crippen molar-refractivity contribution in [3.63, 3.8) is 0 Å². The van der Waals surface area contributed by atoms with Crippen LogP contribution in [0.1, 0.15) is 0 Å². The predicted molar refractivity (Wildman–Crippen MR) is 76.3 cm³/mol. The highest BCUT2D eigenvalue weighted by Crippen LogP contribution is 2.36. The van der Waals surface area contributed by atoms with Gasteiger partial charge in [0.25, 0.3) is 0 Å². The molecule has 0 aliphatic heterocycles. The van der Waals surface area contributed by atoms with E-state index in [9.17, 15) is 0 Å². The topological polar surface area (TPSA) is 26.0 Å². The zero-order valence-corrected chi connectivity index (χ0v) is 11.5. The van der Waals surface area contributed by atoms with Crippen LogP contribution in [0.25, 0.3) is 11.1 Å². The van der Waals surface area contributed by atoms with Crippen LogP contribution in [0, 0.1) is 0 Å². The van der Waals surface area contributed by atoms with E-state index in [2.05, 4.69) is 0 Å². The van der Waals surface area contributed by atoms with Crippen LogP contribution in [-0.2, 0) is 0 Å². The van der Waals surface area contributed by atoms with Gasteiger partial charge >= 0.3 is 0 Å². The van der Waals surface area contributed by atoms with Gasteiger partial charge < -0.3 is 5.73 Å². The lowest BCUT2D eigenvalue weighted by Gasteiger charge is -2.08. The lowest BCUT2D eigenvalue weighted by Crippen LogP contribution is -1.88. The molecule has 2 aromatic carbocycles. The molecular formula is C12H7Cl4N. The average molecular weight is 307 g/mol. The molecule has 1 nitrogen and oxygen atoms in total.